The number of amides is 2. The first-order valence-electron chi connectivity index (χ1n) is 15.4. The van der Waals surface area contributed by atoms with Gasteiger partial charge >= 0.3 is 12.2 Å². The van der Waals surface area contributed by atoms with Gasteiger partial charge in [-0.2, -0.15) is 0 Å². The van der Waals surface area contributed by atoms with Crippen LogP contribution in [-0.2, 0) is 10.8 Å². The minimum atomic E-state index is -0.457. The number of ether oxygens (including phenoxy) is 2. The lowest BCUT2D eigenvalue weighted by atomic mass is 9.78. The van der Waals surface area contributed by atoms with Gasteiger partial charge in [-0.25, -0.2) is 9.59 Å². The molecule has 4 aromatic carbocycles. The maximum atomic E-state index is 12.6. The lowest BCUT2D eigenvalue weighted by molar-refractivity contribution is 0.198. The van der Waals surface area contributed by atoms with Crippen LogP contribution >= 0.6 is 0 Å². The van der Waals surface area contributed by atoms with Crippen LogP contribution in [0.15, 0.2) is 109 Å². The van der Waals surface area contributed by atoms with Gasteiger partial charge in [0.15, 0.2) is 0 Å². The number of nitrogens with one attached hydrogen (secondary N) is 2. The third-order valence-electron chi connectivity index (χ3n) is 8.16. The van der Waals surface area contributed by atoms with Gasteiger partial charge in [-0.05, 0) is 36.1 Å². The third kappa shape index (κ3) is 8.50. The van der Waals surface area contributed by atoms with Crippen molar-refractivity contribution in [2.45, 2.75) is 64.2 Å². The molecule has 230 valence electrons. The molecule has 6 heteroatoms. The number of unbranched alkanes of at least 4 members (excludes halogenated alkanes) is 3. The summed E-state index contributed by atoms with van der Waals surface area (Å²) in [6, 6.07) is 35.8. The summed E-state index contributed by atoms with van der Waals surface area (Å²) in [5.41, 5.74) is 3.57. The minimum Gasteiger partial charge on any atom is -0.410 e. The van der Waals surface area contributed by atoms with E-state index in [1.165, 1.54) is 0 Å². The van der Waals surface area contributed by atoms with E-state index in [0.29, 0.717) is 24.6 Å². The van der Waals surface area contributed by atoms with Crippen molar-refractivity contribution in [2.24, 2.45) is 0 Å². The normalized spacial score (nSPS) is 11.5. The van der Waals surface area contributed by atoms with Gasteiger partial charge in [-0.1, -0.05) is 138 Å². The topological polar surface area (TPSA) is 76.7 Å². The maximum Gasteiger partial charge on any atom is 0.412 e. The number of carbonyl (C=O) groups excluding carboxylic acids is 2. The van der Waals surface area contributed by atoms with E-state index < -0.39 is 12.2 Å². The Bertz CT molecular complexity index is 1380. The molecule has 4 rings (SSSR count). The van der Waals surface area contributed by atoms with Crippen LogP contribution in [0.5, 0.6) is 11.5 Å². The van der Waals surface area contributed by atoms with Crippen molar-refractivity contribution >= 4 is 12.2 Å². The van der Waals surface area contributed by atoms with Gasteiger partial charge in [0.05, 0.1) is 0 Å². The quantitative estimate of drug-likeness (QED) is 0.152. The Morgan fingerprint density at radius 3 is 1.23 bits per heavy atom. The van der Waals surface area contributed by atoms with E-state index >= 15 is 0 Å². The van der Waals surface area contributed by atoms with Gasteiger partial charge in [0.2, 0.25) is 0 Å². The number of carbonyl (C=O) groups is 2. The lowest BCUT2D eigenvalue weighted by Gasteiger charge is -2.28. The van der Waals surface area contributed by atoms with E-state index in [1.807, 2.05) is 84.9 Å². The van der Waals surface area contributed by atoms with Crippen LogP contribution in [0.1, 0.15) is 75.6 Å². The molecule has 2 amide bonds. The van der Waals surface area contributed by atoms with Crippen molar-refractivity contribution in [1.82, 2.24) is 10.6 Å². The molecular formula is C38H44N2O4. The van der Waals surface area contributed by atoms with Crippen LogP contribution in [0.2, 0.25) is 0 Å². The summed E-state index contributed by atoms with van der Waals surface area (Å²) in [5.74, 6) is 1.12. The zero-order valence-electron chi connectivity index (χ0n) is 26.3. The number of rotatable bonds is 13. The fourth-order valence-corrected chi connectivity index (χ4v) is 5.42. The second kappa shape index (κ2) is 15.2. The Morgan fingerprint density at radius 1 is 0.500 bits per heavy atom. The van der Waals surface area contributed by atoms with E-state index in [-0.39, 0.29) is 10.8 Å². The first-order valence-corrected chi connectivity index (χ1v) is 15.4. The number of hydrogen-bond acceptors (Lipinski definition) is 4. The highest BCUT2D eigenvalue weighted by Crippen LogP contribution is 2.38. The molecule has 0 saturated heterocycles. The maximum absolute atomic E-state index is 12.6. The molecule has 0 unspecified atom stereocenters. The summed E-state index contributed by atoms with van der Waals surface area (Å²) >= 11 is 0. The summed E-state index contributed by atoms with van der Waals surface area (Å²) in [6.07, 6.45) is 2.56. The summed E-state index contributed by atoms with van der Waals surface area (Å²) in [7, 11) is 0. The summed E-state index contributed by atoms with van der Waals surface area (Å²) in [5, 5.41) is 5.73. The van der Waals surface area contributed by atoms with Gasteiger partial charge < -0.3 is 20.1 Å². The monoisotopic (exact) mass is 592 g/mol. The Kier molecular flexibility index (Phi) is 11.2. The van der Waals surface area contributed by atoms with Crippen molar-refractivity contribution in [3.8, 4) is 11.5 Å². The first-order chi connectivity index (χ1) is 21.2. The smallest absolute Gasteiger partial charge is 0.410 e. The van der Waals surface area contributed by atoms with Crippen LogP contribution in [0.3, 0.4) is 0 Å². The molecule has 0 aliphatic carbocycles. The van der Waals surface area contributed by atoms with Gasteiger partial charge in [0.1, 0.15) is 11.5 Å². The largest absolute Gasteiger partial charge is 0.412 e. The Morgan fingerprint density at radius 2 is 0.841 bits per heavy atom. The molecule has 0 spiro atoms. The molecule has 0 aliphatic heterocycles. The SMILES string of the molecule is CC(C)(c1ccccc1)c1ccccc1OC(=O)NCCCCCCNC(=O)Oc1ccccc1C(C)(C)c1ccccc1. The highest BCUT2D eigenvalue weighted by atomic mass is 16.6. The van der Waals surface area contributed by atoms with Crippen LogP contribution in [0.4, 0.5) is 9.59 Å². The van der Waals surface area contributed by atoms with Crippen LogP contribution < -0.4 is 20.1 Å². The molecule has 0 radical (unpaired) electrons. The van der Waals surface area contributed by atoms with E-state index in [0.717, 1.165) is 47.9 Å². The lowest BCUT2D eigenvalue weighted by Crippen LogP contribution is -2.30. The molecule has 0 aromatic heterocycles. The van der Waals surface area contributed by atoms with Crippen LogP contribution in [-0.4, -0.2) is 25.3 Å². The molecule has 4 aromatic rings. The minimum absolute atomic E-state index is 0.319. The van der Waals surface area contributed by atoms with E-state index in [1.54, 1.807) is 0 Å². The van der Waals surface area contributed by atoms with Gasteiger partial charge in [-0.3, -0.25) is 0 Å². The summed E-state index contributed by atoms with van der Waals surface area (Å²) in [4.78, 5) is 25.1. The number of benzene rings is 4. The van der Waals surface area contributed by atoms with Crippen molar-refractivity contribution in [3.05, 3.63) is 131 Å². The van der Waals surface area contributed by atoms with Gasteiger partial charge in [-0.15, -0.1) is 0 Å². The zero-order chi connectivity index (χ0) is 31.4. The molecule has 44 heavy (non-hydrogen) atoms. The fraction of sp³-hybridized carbons (Fsp3) is 0.316. The molecule has 2 N–H and O–H groups in total. The summed E-state index contributed by atoms with van der Waals surface area (Å²) < 4.78 is 11.4. The molecule has 0 fully saturated rings. The predicted molar refractivity (Wildman–Crippen MR) is 177 cm³/mol. The molecule has 0 atom stereocenters. The molecule has 0 saturated carbocycles. The Hall–Kier alpha value is -4.58. The molecule has 0 aliphatic rings. The van der Waals surface area contributed by atoms with Crippen molar-refractivity contribution in [3.63, 3.8) is 0 Å². The highest BCUT2D eigenvalue weighted by Gasteiger charge is 2.28. The second-order valence-corrected chi connectivity index (χ2v) is 12.0. The molecule has 0 heterocycles. The number of para-hydroxylation sites is 2. The standard InChI is InChI=1S/C38H44N2O4/c1-37(2,29-19-9-7-10-20-29)31-23-13-15-25-33(31)43-35(41)39-27-17-5-6-18-28-40-36(42)44-34-26-16-14-24-32(34)38(3,4)30-21-11-8-12-22-30/h7-16,19-26H,5-6,17-18,27-28H2,1-4H3,(H,39,41)(H,40,42). The van der Waals surface area contributed by atoms with Crippen molar-refractivity contribution in [1.29, 1.82) is 0 Å². The van der Waals surface area contributed by atoms with Gasteiger partial charge in [0, 0.05) is 35.0 Å². The summed E-state index contributed by atoms with van der Waals surface area (Å²) in [6.45, 7) is 9.55. The first kappa shape index (κ1) is 32.3. The number of hydrogen-bond donors (Lipinski definition) is 2. The Balaban J connectivity index is 1.15. The van der Waals surface area contributed by atoms with Gasteiger partial charge in [0.25, 0.3) is 0 Å². The van der Waals surface area contributed by atoms with E-state index in [4.69, 9.17) is 9.47 Å². The van der Waals surface area contributed by atoms with Crippen molar-refractivity contribution < 1.29 is 19.1 Å². The molecule has 6 nitrogen and oxygen atoms in total. The molecular weight excluding hydrogens is 548 g/mol. The van der Waals surface area contributed by atoms with E-state index in [2.05, 4.69) is 62.6 Å². The van der Waals surface area contributed by atoms with E-state index in [9.17, 15) is 9.59 Å². The zero-order valence-corrected chi connectivity index (χ0v) is 26.3. The second-order valence-electron chi connectivity index (χ2n) is 12.0. The highest BCUT2D eigenvalue weighted by molar-refractivity contribution is 5.71. The molecule has 0 bridgehead atoms. The average Bonchev–Trinajstić information content (AvgIpc) is 3.03. The predicted octanol–water partition coefficient (Wildman–Crippen LogP) is 8.78. The van der Waals surface area contributed by atoms with Crippen LogP contribution in [0, 0.1) is 0 Å². The van der Waals surface area contributed by atoms with Crippen LogP contribution in [0.25, 0.3) is 0 Å². The fourth-order valence-electron chi connectivity index (χ4n) is 5.42. The van der Waals surface area contributed by atoms with Crippen molar-refractivity contribution in [2.75, 3.05) is 13.1 Å². The third-order valence-corrected chi connectivity index (χ3v) is 8.16. The Labute approximate surface area is 261 Å². The average molecular weight is 593 g/mol.